The summed E-state index contributed by atoms with van der Waals surface area (Å²) in [7, 11) is 0. The molecule has 1 heterocycles. The summed E-state index contributed by atoms with van der Waals surface area (Å²) in [6.07, 6.45) is -4.34. The molecule has 2 aromatic carbocycles. The van der Waals surface area contributed by atoms with Crippen molar-refractivity contribution >= 4 is 11.8 Å². The molecule has 0 amide bonds. The molecule has 3 rings (SSSR count). The van der Waals surface area contributed by atoms with E-state index in [-0.39, 0.29) is 5.41 Å². The number of alkyl halides is 3. The average molecular weight is 420 g/mol. The number of hydrogen-bond donors (Lipinski definition) is 0. The summed E-state index contributed by atoms with van der Waals surface area (Å²) >= 11 is 1.39. The Bertz CT molecular complexity index is 970. The fourth-order valence-electron chi connectivity index (χ4n) is 3.00. The van der Waals surface area contributed by atoms with Crippen molar-refractivity contribution in [2.24, 2.45) is 0 Å². The summed E-state index contributed by atoms with van der Waals surface area (Å²) in [5.41, 5.74) is 2.25. The minimum atomic E-state index is -4.34. The van der Waals surface area contributed by atoms with Crippen molar-refractivity contribution in [1.29, 1.82) is 0 Å². The first-order valence-electron chi connectivity index (χ1n) is 9.42. The van der Waals surface area contributed by atoms with E-state index in [9.17, 15) is 13.2 Å². The largest absolute Gasteiger partial charge is 0.416 e. The number of halogens is 3. The van der Waals surface area contributed by atoms with E-state index in [0.29, 0.717) is 23.0 Å². The lowest BCUT2D eigenvalue weighted by atomic mass is 9.87. The van der Waals surface area contributed by atoms with Crippen molar-refractivity contribution in [1.82, 2.24) is 14.8 Å². The summed E-state index contributed by atoms with van der Waals surface area (Å²) in [5.74, 6) is 1.16. The van der Waals surface area contributed by atoms with Crippen molar-refractivity contribution in [2.45, 2.75) is 56.7 Å². The fourth-order valence-corrected chi connectivity index (χ4v) is 3.94. The van der Waals surface area contributed by atoms with Gasteiger partial charge < -0.3 is 4.57 Å². The fraction of sp³-hybridized carbons (Fsp3) is 0.364. The third-order valence-electron chi connectivity index (χ3n) is 4.66. The summed E-state index contributed by atoms with van der Waals surface area (Å²) < 4.78 is 40.7. The smallest absolute Gasteiger partial charge is 0.302 e. The van der Waals surface area contributed by atoms with Crippen LogP contribution in [0.2, 0.25) is 0 Å². The molecular formula is C22H24F3N3S. The lowest BCUT2D eigenvalue weighted by Crippen LogP contribution is -2.10. The molecule has 29 heavy (non-hydrogen) atoms. The average Bonchev–Trinajstić information content (AvgIpc) is 3.08. The molecule has 0 radical (unpaired) electrons. The number of hydrogen-bond acceptors (Lipinski definition) is 3. The molecule has 3 aromatic rings. The predicted octanol–water partition coefficient (Wildman–Crippen LogP) is 6.57. The maximum Gasteiger partial charge on any atom is 0.416 e. The van der Waals surface area contributed by atoms with Gasteiger partial charge in [0.2, 0.25) is 0 Å². The van der Waals surface area contributed by atoms with Crippen LogP contribution in [0.5, 0.6) is 0 Å². The third-order valence-corrected chi connectivity index (χ3v) is 5.70. The van der Waals surface area contributed by atoms with Crippen molar-refractivity contribution < 1.29 is 13.2 Å². The van der Waals surface area contributed by atoms with Gasteiger partial charge in [-0.25, -0.2) is 0 Å². The molecule has 0 aliphatic rings. The molecule has 0 aliphatic carbocycles. The Morgan fingerprint density at radius 3 is 2.21 bits per heavy atom. The number of thioether (sulfide) groups is 1. The van der Waals surface area contributed by atoms with Crippen LogP contribution in [-0.4, -0.2) is 14.8 Å². The summed E-state index contributed by atoms with van der Waals surface area (Å²) in [5, 5.41) is 9.30. The summed E-state index contributed by atoms with van der Waals surface area (Å²) in [4.78, 5) is 0. The van der Waals surface area contributed by atoms with Crippen molar-refractivity contribution in [3.63, 3.8) is 0 Å². The number of nitrogens with zero attached hydrogens (tertiary/aromatic N) is 3. The zero-order chi connectivity index (χ0) is 21.2. The van der Waals surface area contributed by atoms with Crippen LogP contribution < -0.4 is 0 Å². The van der Waals surface area contributed by atoms with Crippen LogP contribution in [-0.2, 0) is 23.9 Å². The molecule has 154 valence electrons. The second-order valence-corrected chi connectivity index (χ2v) is 8.81. The van der Waals surface area contributed by atoms with Crippen LogP contribution >= 0.6 is 11.8 Å². The van der Waals surface area contributed by atoms with Crippen molar-refractivity contribution in [3.05, 3.63) is 65.2 Å². The molecular weight excluding hydrogens is 395 g/mol. The van der Waals surface area contributed by atoms with Crippen LogP contribution in [0.1, 0.15) is 44.4 Å². The number of benzene rings is 2. The Kier molecular flexibility index (Phi) is 6.08. The summed E-state index contributed by atoms with van der Waals surface area (Å²) in [6, 6.07) is 13.7. The maximum atomic E-state index is 12.9. The molecule has 1 aromatic heterocycles. The van der Waals surface area contributed by atoms with Crippen molar-refractivity contribution in [3.8, 4) is 11.4 Å². The first kappa shape index (κ1) is 21.4. The van der Waals surface area contributed by atoms with Gasteiger partial charge in [-0.2, -0.15) is 13.2 Å². The van der Waals surface area contributed by atoms with Gasteiger partial charge in [-0.15, -0.1) is 10.2 Å². The molecule has 0 unspecified atom stereocenters. The van der Waals surface area contributed by atoms with Gasteiger partial charge in [0, 0.05) is 17.9 Å². The molecule has 3 nitrogen and oxygen atoms in total. The minimum absolute atomic E-state index is 0.0723. The highest BCUT2D eigenvalue weighted by molar-refractivity contribution is 7.98. The standard InChI is InChI=1S/C22H24F3N3S/c1-5-28-19(16-9-11-17(12-10-16)21(2,3)4)26-27-20(28)29-14-15-7-6-8-18(13-15)22(23,24)25/h6-13H,5,14H2,1-4H3. The SMILES string of the molecule is CCn1c(SCc2cccc(C(F)(F)F)c2)nnc1-c1ccc(C(C)(C)C)cc1. The van der Waals surface area contributed by atoms with Gasteiger partial charge in [0.25, 0.3) is 0 Å². The minimum Gasteiger partial charge on any atom is -0.302 e. The zero-order valence-electron chi connectivity index (χ0n) is 16.9. The van der Waals surface area contributed by atoms with Crippen molar-refractivity contribution in [2.75, 3.05) is 0 Å². The Balaban J connectivity index is 1.80. The van der Waals surface area contributed by atoms with Gasteiger partial charge in [-0.3, -0.25) is 0 Å². The molecule has 0 fully saturated rings. The first-order chi connectivity index (χ1) is 13.6. The van der Waals surface area contributed by atoms with E-state index < -0.39 is 11.7 Å². The maximum absolute atomic E-state index is 12.9. The monoisotopic (exact) mass is 419 g/mol. The second kappa shape index (κ2) is 8.22. The highest BCUT2D eigenvalue weighted by Crippen LogP contribution is 2.32. The zero-order valence-corrected chi connectivity index (χ0v) is 17.7. The van der Waals surface area contributed by atoms with Gasteiger partial charge >= 0.3 is 6.18 Å². The van der Waals surface area contributed by atoms with Crippen LogP contribution in [0.25, 0.3) is 11.4 Å². The Morgan fingerprint density at radius 2 is 1.62 bits per heavy atom. The van der Waals surface area contributed by atoms with E-state index in [1.54, 1.807) is 6.07 Å². The molecule has 0 saturated heterocycles. The van der Waals surface area contributed by atoms with Gasteiger partial charge in [0.05, 0.1) is 5.56 Å². The normalized spacial score (nSPS) is 12.4. The van der Waals surface area contributed by atoms with E-state index in [2.05, 4.69) is 43.1 Å². The molecule has 0 N–H and O–H groups in total. The van der Waals surface area contributed by atoms with E-state index >= 15 is 0 Å². The van der Waals surface area contributed by atoms with E-state index in [0.717, 1.165) is 17.5 Å². The van der Waals surface area contributed by atoms with Crippen LogP contribution in [0, 0.1) is 0 Å². The van der Waals surface area contributed by atoms with Crippen LogP contribution in [0.15, 0.2) is 53.7 Å². The van der Waals surface area contributed by atoms with Gasteiger partial charge in [-0.05, 0) is 29.5 Å². The van der Waals surface area contributed by atoms with E-state index in [1.807, 2.05) is 23.6 Å². The Morgan fingerprint density at radius 1 is 0.931 bits per heavy atom. The molecule has 0 saturated carbocycles. The molecule has 0 aliphatic heterocycles. The molecule has 0 atom stereocenters. The number of aromatic nitrogens is 3. The van der Waals surface area contributed by atoms with E-state index in [4.69, 9.17) is 0 Å². The highest BCUT2D eigenvalue weighted by Gasteiger charge is 2.30. The topological polar surface area (TPSA) is 30.7 Å². The Labute approximate surface area is 173 Å². The van der Waals surface area contributed by atoms with Gasteiger partial charge in [0.1, 0.15) is 0 Å². The third kappa shape index (κ3) is 5.01. The van der Waals surface area contributed by atoms with Crippen LogP contribution in [0.4, 0.5) is 13.2 Å². The molecule has 0 spiro atoms. The number of rotatable bonds is 5. The second-order valence-electron chi connectivity index (χ2n) is 7.86. The summed E-state index contributed by atoms with van der Waals surface area (Å²) in [6.45, 7) is 9.18. The highest BCUT2D eigenvalue weighted by atomic mass is 32.2. The quantitative estimate of drug-likeness (QED) is 0.438. The van der Waals surface area contributed by atoms with Crippen LogP contribution in [0.3, 0.4) is 0 Å². The Hall–Kier alpha value is -2.28. The molecule has 0 bridgehead atoms. The van der Waals surface area contributed by atoms with E-state index in [1.165, 1.54) is 29.5 Å². The predicted molar refractivity (Wildman–Crippen MR) is 111 cm³/mol. The first-order valence-corrected chi connectivity index (χ1v) is 10.4. The van der Waals surface area contributed by atoms with Gasteiger partial charge in [-0.1, -0.05) is 75.0 Å². The molecule has 7 heteroatoms. The lowest BCUT2D eigenvalue weighted by molar-refractivity contribution is -0.137. The van der Waals surface area contributed by atoms with Gasteiger partial charge in [0.15, 0.2) is 11.0 Å². The lowest BCUT2D eigenvalue weighted by Gasteiger charge is -2.19.